The van der Waals surface area contributed by atoms with Crippen molar-refractivity contribution in [3.05, 3.63) is 51.2 Å². The summed E-state index contributed by atoms with van der Waals surface area (Å²) in [4.78, 5) is 15.9. The van der Waals surface area contributed by atoms with Crippen molar-refractivity contribution < 1.29 is 4.79 Å². The Kier molecular flexibility index (Phi) is 4.35. The van der Waals surface area contributed by atoms with E-state index in [0.29, 0.717) is 12.2 Å². The molecule has 0 atom stereocenters. The van der Waals surface area contributed by atoms with Crippen molar-refractivity contribution in [2.24, 2.45) is 0 Å². The summed E-state index contributed by atoms with van der Waals surface area (Å²) in [6.45, 7) is 3.46. The molecule has 2 N–H and O–H groups in total. The molecule has 0 bridgehead atoms. The first-order valence-corrected chi connectivity index (χ1v) is 7.24. The Bertz CT molecular complexity index is 639. The van der Waals surface area contributed by atoms with Crippen LogP contribution < -0.4 is 5.73 Å². The largest absolute Gasteiger partial charge is 0.399 e. The second kappa shape index (κ2) is 5.85. The molecule has 0 aliphatic carbocycles. The molecule has 5 heteroatoms. The Morgan fingerprint density at radius 3 is 2.95 bits per heavy atom. The third kappa shape index (κ3) is 2.67. The summed E-state index contributed by atoms with van der Waals surface area (Å²) in [5.74, 6) is 0.0849. The molecule has 1 aliphatic heterocycles. The molecule has 3 rings (SSSR count). The summed E-state index contributed by atoms with van der Waals surface area (Å²) in [6.07, 6.45) is 0.958. The molecule has 0 unspecified atom stereocenters. The number of nitrogens with zero attached hydrogens (tertiary/aromatic N) is 1. The zero-order valence-electron chi connectivity index (χ0n) is 11.3. The van der Waals surface area contributed by atoms with Crippen LogP contribution in [-0.4, -0.2) is 17.4 Å². The van der Waals surface area contributed by atoms with Gasteiger partial charge in [-0.3, -0.25) is 4.79 Å². The number of aryl methyl sites for hydroxylation is 1. The van der Waals surface area contributed by atoms with E-state index in [0.717, 1.165) is 24.1 Å². The number of nitrogen functional groups attached to an aromatic ring is 1. The van der Waals surface area contributed by atoms with Gasteiger partial charge in [-0.1, -0.05) is 6.07 Å². The highest BCUT2D eigenvalue weighted by Crippen LogP contribution is 2.26. The van der Waals surface area contributed by atoms with E-state index in [4.69, 9.17) is 5.73 Å². The van der Waals surface area contributed by atoms with Gasteiger partial charge in [-0.2, -0.15) is 0 Å². The highest BCUT2D eigenvalue weighted by molar-refractivity contribution is 7.10. The minimum Gasteiger partial charge on any atom is -0.399 e. The second-order valence-corrected chi connectivity index (χ2v) is 5.92. The number of benzene rings is 1. The van der Waals surface area contributed by atoms with Crippen LogP contribution in [0.5, 0.6) is 0 Å². The number of anilines is 1. The van der Waals surface area contributed by atoms with Crippen molar-refractivity contribution in [2.45, 2.75) is 19.9 Å². The maximum absolute atomic E-state index is 12.6. The van der Waals surface area contributed by atoms with Gasteiger partial charge in [0.05, 0.1) is 0 Å². The molecule has 1 aromatic heterocycles. The summed E-state index contributed by atoms with van der Waals surface area (Å²) in [5.41, 5.74) is 9.41. The van der Waals surface area contributed by atoms with Crippen LogP contribution in [0.25, 0.3) is 0 Å². The molecular weight excluding hydrogens is 292 g/mol. The molecule has 1 amide bonds. The number of hydrogen-bond donors (Lipinski definition) is 1. The Morgan fingerprint density at radius 2 is 2.15 bits per heavy atom. The van der Waals surface area contributed by atoms with Crippen LogP contribution in [-0.2, 0) is 13.0 Å². The second-order valence-electron chi connectivity index (χ2n) is 4.92. The first-order chi connectivity index (χ1) is 9.15. The van der Waals surface area contributed by atoms with Gasteiger partial charge in [-0.15, -0.1) is 23.7 Å². The summed E-state index contributed by atoms with van der Waals surface area (Å²) in [6, 6.07) is 7.63. The first kappa shape index (κ1) is 14.9. The third-order valence-corrected chi connectivity index (χ3v) is 4.61. The predicted octanol–water partition coefficient (Wildman–Crippen LogP) is 3.26. The normalized spacial score (nSPS) is 13.6. The van der Waals surface area contributed by atoms with Gasteiger partial charge in [0.25, 0.3) is 5.91 Å². The van der Waals surface area contributed by atoms with E-state index in [1.165, 1.54) is 10.4 Å². The number of carbonyl (C=O) groups is 1. The summed E-state index contributed by atoms with van der Waals surface area (Å²) in [5, 5.41) is 2.10. The smallest absolute Gasteiger partial charge is 0.254 e. The minimum absolute atomic E-state index is 0. The number of thiophene rings is 1. The number of fused-ring (bicyclic) bond motifs is 1. The molecule has 0 spiro atoms. The number of halogens is 1. The van der Waals surface area contributed by atoms with E-state index in [-0.39, 0.29) is 18.3 Å². The molecule has 0 fully saturated rings. The van der Waals surface area contributed by atoms with Crippen molar-refractivity contribution >= 4 is 35.3 Å². The van der Waals surface area contributed by atoms with E-state index in [1.54, 1.807) is 17.4 Å². The molecule has 0 saturated heterocycles. The van der Waals surface area contributed by atoms with Gasteiger partial charge in [0.2, 0.25) is 0 Å². The van der Waals surface area contributed by atoms with Crippen molar-refractivity contribution in [1.29, 1.82) is 0 Å². The maximum Gasteiger partial charge on any atom is 0.254 e. The molecule has 20 heavy (non-hydrogen) atoms. The Morgan fingerprint density at radius 1 is 1.35 bits per heavy atom. The van der Waals surface area contributed by atoms with Crippen molar-refractivity contribution in [2.75, 3.05) is 12.3 Å². The van der Waals surface area contributed by atoms with Gasteiger partial charge in [0.15, 0.2) is 0 Å². The quantitative estimate of drug-likeness (QED) is 0.822. The number of amides is 1. The van der Waals surface area contributed by atoms with E-state index in [2.05, 4.69) is 11.4 Å². The molecule has 106 valence electrons. The number of rotatable bonds is 1. The van der Waals surface area contributed by atoms with E-state index < -0.39 is 0 Å². The molecule has 2 heterocycles. The van der Waals surface area contributed by atoms with Gasteiger partial charge in [-0.05, 0) is 48.1 Å². The van der Waals surface area contributed by atoms with Crippen LogP contribution in [0.4, 0.5) is 5.69 Å². The van der Waals surface area contributed by atoms with Gasteiger partial charge in [-0.25, -0.2) is 0 Å². The lowest BCUT2D eigenvalue weighted by atomic mass is 10.0. The zero-order valence-corrected chi connectivity index (χ0v) is 12.9. The van der Waals surface area contributed by atoms with Gasteiger partial charge >= 0.3 is 0 Å². The average molecular weight is 309 g/mol. The number of hydrogen-bond acceptors (Lipinski definition) is 3. The highest BCUT2D eigenvalue weighted by Gasteiger charge is 2.23. The first-order valence-electron chi connectivity index (χ1n) is 6.36. The molecule has 1 aromatic carbocycles. The van der Waals surface area contributed by atoms with E-state index in [9.17, 15) is 4.79 Å². The molecular formula is C15H17ClN2OS. The summed E-state index contributed by atoms with van der Waals surface area (Å²) < 4.78 is 0. The van der Waals surface area contributed by atoms with Gasteiger partial charge in [0.1, 0.15) is 0 Å². The van der Waals surface area contributed by atoms with Crippen LogP contribution in [0, 0.1) is 6.92 Å². The van der Waals surface area contributed by atoms with Crippen molar-refractivity contribution in [3.8, 4) is 0 Å². The maximum atomic E-state index is 12.6. The van der Waals surface area contributed by atoms with Crippen LogP contribution in [0.2, 0.25) is 0 Å². The van der Waals surface area contributed by atoms with Crippen molar-refractivity contribution in [3.63, 3.8) is 0 Å². The Hall–Kier alpha value is -1.52. The fourth-order valence-corrected chi connectivity index (χ4v) is 3.35. The summed E-state index contributed by atoms with van der Waals surface area (Å²) >= 11 is 1.78. The predicted molar refractivity (Wildman–Crippen MR) is 85.6 cm³/mol. The lowest BCUT2D eigenvalue weighted by Crippen LogP contribution is -2.35. The molecule has 1 aliphatic rings. The zero-order chi connectivity index (χ0) is 13.4. The molecule has 0 saturated carbocycles. The molecule has 0 radical (unpaired) electrons. The summed E-state index contributed by atoms with van der Waals surface area (Å²) in [7, 11) is 0. The number of carbonyl (C=O) groups excluding carboxylic acids is 1. The Balaban J connectivity index is 0.00000147. The topological polar surface area (TPSA) is 46.3 Å². The number of nitrogens with two attached hydrogens (primary N) is 1. The molecule has 3 nitrogen and oxygen atoms in total. The van der Waals surface area contributed by atoms with E-state index in [1.807, 2.05) is 24.0 Å². The van der Waals surface area contributed by atoms with Crippen LogP contribution in [0.3, 0.4) is 0 Å². The van der Waals surface area contributed by atoms with Crippen LogP contribution >= 0.6 is 23.7 Å². The van der Waals surface area contributed by atoms with Gasteiger partial charge < -0.3 is 10.6 Å². The monoisotopic (exact) mass is 308 g/mol. The Labute approximate surface area is 128 Å². The van der Waals surface area contributed by atoms with E-state index >= 15 is 0 Å². The fourth-order valence-electron chi connectivity index (χ4n) is 2.46. The van der Waals surface area contributed by atoms with Gasteiger partial charge in [0, 0.05) is 29.2 Å². The highest BCUT2D eigenvalue weighted by atomic mass is 35.5. The SMILES string of the molecule is Cc1ccc(N)cc1C(=O)N1CCc2sccc2C1.Cl. The van der Waals surface area contributed by atoms with Crippen LogP contribution in [0.15, 0.2) is 29.6 Å². The molecule has 2 aromatic rings. The van der Waals surface area contributed by atoms with Crippen LogP contribution in [0.1, 0.15) is 26.4 Å². The minimum atomic E-state index is 0. The average Bonchev–Trinajstić information content (AvgIpc) is 2.88. The lowest BCUT2D eigenvalue weighted by molar-refractivity contribution is 0.0735. The lowest BCUT2D eigenvalue weighted by Gasteiger charge is -2.27. The standard InChI is InChI=1S/C15H16N2OS.ClH/c1-10-2-3-12(16)8-13(10)15(18)17-6-4-14-11(9-17)5-7-19-14;/h2-3,5,7-8H,4,6,9,16H2,1H3;1H. The third-order valence-electron chi connectivity index (χ3n) is 3.59. The fraction of sp³-hybridized carbons (Fsp3) is 0.267. The van der Waals surface area contributed by atoms with Crippen molar-refractivity contribution in [1.82, 2.24) is 4.90 Å².